The number of carbonyl (C=O) groups excluding carboxylic acids is 1. The third-order valence-electron chi connectivity index (χ3n) is 7.97. The highest BCUT2D eigenvalue weighted by molar-refractivity contribution is 5.78. The average molecular weight is 531 g/mol. The lowest BCUT2D eigenvalue weighted by molar-refractivity contribution is -0.119. The van der Waals surface area contributed by atoms with Crippen LogP contribution < -0.4 is 0 Å². The molecule has 224 valence electrons. The lowest BCUT2D eigenvalue weighted by atomic mass is 10.0. The monoisotopic (exact) mass is 531 g/mol. The maximum Gasteiger partial charge on any atom is 0.132 e. The van der Waals surface area contributed by atoms with Crippen molar-refractivity contribution in [2.75, 3.05) is 0 Å². The summed E-state index contributed by atoms with van der Waals surface area (Å²) in [5, 5.41) is 0. The minimum absolute atomic E-state index is 0.514. The van der Waals surface area contributed by atoms with Crippen LogP contribution >= 0.6 is 0 Å². The van der Waals surface area contributed by atoms with E-state index in [9.17, 15) is 4.79 Å². The maximum absolute atomic E-state index is 12.1. The first-order valence-corrected chi connectivity index (χ1v) is 17.6. The topological polar surface area (TPSA) is 17.1 Å². The Morgan fingerprint density at radius 2 is 0.658 bits per heavy atom. The highest BCUT2D eigenvalue weighted by Crippen LogP contribution is 2.15. The zero-order valence-corrected chi connectivity index (χ0v) is 26.4. The van der Waals surface area contributed by atoms with Crippen molar-refractivity contribution in [1.82, 2.24) is 0 Å². The van der Waals surface area contributed by atoms with Gasteiger partial charge in [0.05, 0.1) is 0 Å². The minimum Gasteiger partial charge on any atom is -0.300 e. The van der Waals surface area contributed by atoms with Gasteiger partial charge in [-0.05, 0) is 44.9 Å². The second kappa shape index (κ2) is 34.2. The summed E-state index contributed by atoms with van der Waals surface area (Å²) in [5.41, 5.74) is 0. The van der Waals surface area contributed by atoms with Crippen LogP contribution in [-0.4, -0.2) is 5.78 Å². The quantitative estimate of drug-likeness (QED) is 0.0624. The molecule has 0 saturated heterocycles. The molecule has 0 aliphatic rings. The van der Waals surface area contributed by atoms with E-state index >= 15 is 0 Å². The fourth-order valence-corrected chi connectivity index (χ4v) is 5.31. The Morgan fingerprint density at radius 1 is 0.368 bits per heavy atom. The number of Topliss-reactive ketones (excluding diaryl/α,β-unsaturated/α-hetero) is 1. The third kappa shape index (κ3) is 33.2. The number of unbranched alkanes of at least 4 members (excludes halogenated alkanes) is 24. The molecule has 0 aliphatic heterocycles. The van der Waals surface area contributed by atoms with Crippen molar-refractivity contribution < 1.29 is 4.79 Å². The SMILES string of the molecule is CCCCCC=CCC=CCCCCCCCCC(=O)CCCCCCCCCCCCCCCCCC. The van der Waals surface area contributed by atoms with E-state index in [4.69, 9.17) is 0 Å². The smallest absolute Gasteiger partial charge is 0.132 e. The van der Waals surface area contributed by atoms with E-state index in [1.54, 1.807) is 0 Å². The van der Waals surface area contributed by atoms with Gasteiger partial charge in [-0.2, -0.15) is 0 Å². The summed E-state index contributed by atoms with van der Waals surface area (Å²) in [6, 6.07) is 0. The van der Waals surface area contributed by atoms with Gasteiger partial charge < -0.3 is 0 Å². The molecule has 0 radical (unpaired) electrons. The molecule has 0 atom stereocenters. The zero-order chi connectivity index (χ0) is 27.6. The van der Waals surface area contributed by atoms with E-state index in [1.165, 1.54) is 161 Å². The first-order chi connectivity index (χ1) is 18.8. The molecule has 0 fully saturated rings. The fourth-order valence-electron chi connectivity index (χ4n) is 5.31. The first kappa shape index (κ1) is 37.1. The van der Waals surface area contributed by atoms with Gasteiger partial charge in [0.25, 0.3) is 0 Å². The third-order valence-corrected chi connectivity index (χ3v) is 7.97. The summed E-state index contributed by atoms with van der Waals surface area (Å²) >= 11 is 0. The molecule has 0 aromatic carbocycles. The average Bonchev–Trinajstić information content (AvgIpc) is 2.92. The van der Waals surface area contributed by atoms with Gasteiger partial charge in [-0.3, -0.25) is 4.79 Å². The normalized spacial score (nSPS) is 11.8. The van der Waals surface area contributed by atoms with Crippen LogP contribution in [0.1, 0.15) is 206 Å². The molecule has 0 heterocycles. The van der Waals surface area contributed by atoms with Gasteiger partial charge in [-0.25, -0.2) is 0 Å². The van der Waals surface area contributed by atoms with Gasteiger partial charge in [-0.15, -0.1) is 0 Å². The van der Waals surface area contributed by atoms with Crippen LogP contribution in [0.2, 0.25) is 0 Å². The molecule has 1 heteroatoms. The van der Waals surface area contributed by atoms with Gasteiger partial charge in [0.1, 0.15) is 5.78 Å². The number of hydrogen-bond donors (Lipinski definition) is 0. The van der Waals surface area contributed by atoms with E-state index in [-0.39, 0.29) is 0 Å². The first-order valence-electron chi connectivity index (χ1n) is 17.6. The number of rotatable bonds is 32. The molecule has 0 N–H and O–H groups in total. The van der Waals surface area contributed by atoms with Gasteiger partial charge in [-0.1, -0.05) is 173 Å². The molecule has 0 saturated carbocycles. The van der Waals surface area contributed by atoms with Crippen LogP contribution in [0.15, 0.2) is 24.3 Å². The molecule has 0 aromatic rings. The van der Waals surface area contributed by atoms with Crippen molar-refractivity contribution in [3.8, 4) is 0 Å². The molecule has 38 heavy (non-hydrogen) atoms. The summed E-state index contributed by atoms with van der Waals surface area (Å²) in [5.74, 6) is 0.514. The van der Waals surface area contributed by atoms with Crippen LogP contribution in [0.4, 0.5) is 0 Å². The second-order valence-corrected chi connectivity index (χ2v) is 11.9. The summed E-state index contributed by atoms with van der Waals surface area (Å²) in [6.07, 6.45) is 48.5. The van der Waals surface area contributed by atoms with Crippen molar-refractivity contribution in [2.24, 2.45) is 0 Å². The summed E-state index contributed by atoms with van der Waals surface area (Å²) in [6.45, 7) is 4.55. The Balaban J connectivity index is 3.21. The molecule has 0 amide bonds. The predicted octanol–water partition coefficient (Wildman–Crippen LogP) is 13.4. The van der Waals surface area contributed by atoms with Crippen molar-refractivity contribution in [2.45, 2.75) is 206 Å². The van der Waals surface area contributed by atoms with Gasteiger partial charge >= 0.3 is 0 Å². The number of hydrogen-bond acceptors (Lipinski definition) is 1. The summed E-state index contributed by atoms with van der Waals surface area (Å²) < 4.78 is 0. The van der Waals surface area contributed by atoms with Crippen molar-refractivity contribution in [3.05, 3.63) is 24.3 Å². The molecule has 0 aromatic heterocycles. The Hall–Kier alpha value is -0.850. The minimum atomic E-state index is 0.514. The van der Waals surface area contributed by atoms with Crippen LogP contribution in [0, 0.1) is 0 Å². The van der Waals surface area contributed by atoms with Crippen LogP contribution in [-0.2, 0) is 4.79 Å². The van der Waals surface area contributed by atoms with E-state index in [2.05, 4.69) is 38.2 Å². The van der Waals surface area contributed by atoms with Crippen molar-refractivity contribution in [3.63, 3.8) is 0 Å². The van der Waals surface area contributed by atoms with E-state index in [0.29, 0.717) is 5.78 Å². The lowest BCUT2D eigenvalue weighted by Gasteiger charge is -2.04. The molecule has 0 spiro atoms. The number of carbonyl (C=O) groups is 1. The molecule has 0 unspecified atom stereocenters. The number of allylic oxidation sites excluding steroid dienone is 4. The maximum atomic E-state index is 12.1. The van der Waals surface area contributed by atoms with Crippen LogP contribution in [0.25, 0.3) is 0 Å². The van der Waals surface area contributed by atoms with Crippen LogP contribution in [0.5, 0.6) is 0 Å². The van der Waals surface area contributed by atoms with Crippen molar-refractivity contribution in [1.29, 1.82) is 0 Å². The lowest BCUT2D eigenvalue weighted by Crippen LogP contribution is -1.97. The molecule has 0 rings (SSSR count). The Kier molecular flexibility index (Phi) is 33.4. The van der Waals surface area contributed by atoms with Crippen molar-refractivity contribution >= 4 is 5.78 Å². The van der Waals surface area contributed by atoms with E-state index in [1.807, 2.05) is 0 Å². The Bertz CT molecular complexity index is 503. The molecular formula is C37H70O. The highest BCUT2D eigenvalue weighted by Gasteiger charge is 2.02. The molecule has 1 nitrogen and oxygen atoms in total. The summed E-state index contributed by atoms with van der Waals surface area (Å²) in [7, 11) is 0. The Labute approximate surface area is 241 Å². The van der Waals surface area contributed by atoms with E-state index in [0.717, 1.165) is 32.1 Å². The fraction of sp³-hybridized carbons (Fsp3) is 0.865. The predicted molar refractivity (Wildman–Crippen MR) is 173 cm³/mol. The van der Waals surface area contributed by atoms with Crippen LogP contribution in [0.3, 0.4) is 0 Å². The van der Waals surface area contributed by atoms with E-state index < -0.39 is 0 Å². The molecule has 0 bridgehead atoms. The second-order valence-electron chi connectivity index (χ2n) is 11.9. The van der Waals surface area contributed by atoms with Gasteiger partial charge in [0.2, 0.25) is 0 Å². The summed E-state index contributed by atoms with van der Waals surface area (Å²) in [4.78, 5) is 12.1. The van der Waals surface area contributed by atoms with Gasteiger partial charge in [0.15, 0.2) is 0 Å². The largest absolute Gasteiger partial charge is 0.300 e. The molecular weight excluding hydrogens is 460 g/mol. The zero-order valence-electron chi connectivity index (χ0n) is 26.4. The molecule has 0 aliphatic carbocycles. The van der Waals surface area contributed by atoms with Gasteiger partial charge in [0, 0.05) is 12.8 Å². The Morgan fingerprint density at radius 3 is 1.05 bits per heavy atom. The number of ketones is 1. The standard InChI is InChI=1S/C37H70O/c1-3-5-7-9-11-13-15-17-19-21-23-25-27-29-31-33-35-37(38)36-34-32-30-28-26-24-22-20-18-16-14-12-10-8-6-4-2/h11,13,17,19H,3-10,12,14-16,18,20-36H2,1-2H3. The highest BCUT2D eigenvalue weighted by atomic mass is 16.1.